The van der Waals surface area contributed by atoms with Gasteiger partial charge >= 0.3 is 0 Å². The van der Waals surface area contributed by atoms with E-state index in [-0.39, 0.29) is 0 Å². The van der Waals surface area contributed by atoms with E-state index < -0.39 is 10.0 Å². The van der Waals surface area contributed by atoms with Crippen LogP contribution in [0.1, 0.15) is 30.9 Å². The summed E-state index contributed by atoms with van der Waals surface area (Å²) in [4.78, 5) is 2.66. The van der Waals surface area contributed by atoms with Gasteiger partial charge in [-0.05, 0) is 29.7 Å². The maximum atomic E-state index is 12.8. The molecule has 1 saturated heterocycles. The van der Waals surface area contributed by atoms with Gasteiger partial charge in [0.05, 0.1) is 12.0 Å². The lowest BCUT2D eigenvalue weighted by Gasteiger charge is -2.34. The summed E-state index contributed by atoms with van der Waals surface area (Å²) in [6.45, 7) is 7.55. The third-order valence-electron chi connectivity index (χ3n) is 5.08. The third-order valence-corrected chi connectivity index (χ3v) is 6.99. The van der Waals surface area contributed by atoms with E-state index in [9.17, 15) is 8.42 Å². The summed E-state index contributed by atoms with van der Waals surface area (Å²) in [6.07, 6.45) is 0. The standard InChI is InChI=1S/C21H28N2O3S/c1-17(2)18-9-10-21(26-3)19(15-18)16-22-11-13-23(14-12-22)27(24,25)20-7-5-4-6-8-20/h4-10,15,17H,11-14,16H2,1-3H3. The zero-order valence-electron chi connectivity index (χ0n) is 16.3. The van der Waals surface area contributed by atoms with E-state index in [2.05, 4.69) is 30.9 Å². The van der Waals surface area contributed by atoms with Gasteiger partial charge in [0.25, 0.3) is 0 Å². The highest BCUT2D eigenvalue weighted by atomic mass is 32.2. The average Bonchev–Trinajstić information content (AvgIpc) is 2.69. The summed E-state index contributed by atoms with van der Waals surface area (Å²) >= 11 is 0. The van der Waals surface area contributed by atoms with Crippen molar-refractivity contribution in [1.29, 1.82) is 0 Å². The van der Waals surface area contributed by atoms with Crippen LogP contribution in [-0.2, 0) is 16.6 Å². The molecule has 0 spiro atoms. The number of methoxy groups -OCH3 is 1. The van der Waals surface area contributed by atoms with Crippen molar-refractivity contribution in [2.45, 2.75) is 31.2 Å². The summed E-state index contributed by atoms with van der Waals surface area (Å²) in [6, 6.07) is 15.0. The van der Waals surface area contributed by atoms with Gasteiger partial charge in [-0.15, -0.1) is 0 Å². The van der Waals surface area contributed by atoms with Crippen molar-refractivity contribution >= 4 is 10.0 Å². The Morgan fingerprint density at radius 3 is 2.26 bits per heavy atom. The van der Waals surface area contributed by atoms with Gasteiger partial charge in [-0.1, -0.05) is 44.2 Å². The van der Waals surface area contributed by atoms with Gasteiger partial charge < -0.3 is 4.74 Å². The molecule has 0 amide bonds. The van der Waals surface area contributed by atoms with Crippen LogP contribution in [0.15, 0.2) is 53.4 Å². The van der Waals surface area contributed by atoms with E-state index in [1.807, 2.05) is 12.1 Å². The molecule has 0 bridgehead atoms. The highest BCUT2D eigenvalue weighted by molar-refractivity contribution is 7.89. The molecule has 1 fully saturated rings. The van der Waals surface area contributed by atoms with E-state index in [0.717, 1.165) is 17.9 Å². The zero-order valence-corrected chi connectivity index (χ0v) is 17.1. The van der Waals surface area contributed by atoms with Crippen molar-refractivity contribution in [1.82, 2.24) is 9.21 Å². The van der Waals surface area contributed by atoms with Crippen LogP contribution in [0.4, 0.5) is 0 Å². The summed E-state index contributed by atoms with van der Waals surface area (Å²) in [5.41, 5.74) is 2.44. The number of benzene rings is 2. The first-order valence-electron chi connectivity index (χ1n) is 9.36. The minimum Gasteiger partial charge on any atom is -0.496 e. The fourth-order valence-corrected chi connectivity index (χ4v) is 4.83. The quantitative estimate of drug-likeness (QED) is 0.762. The van der Waals surface area contributed by atoms with E-state index >= 15 is 0 Å². The number of piperazine rings is 1. The lowest BCUT2D eigenvalue weighted by Crippen LogP contribution is -2.48. The van der Waals surface area contributed by atoms with Crippen LogP contribution in [0, 0.1) is 0 Å². The third kappa shape index (κ3) is 4.51. The molecule has 0 aromatic heterocycles. The molecule has 2 aromatic rings. The second-order valence-corrected chi connectivity index (χ2v) is 9.16. The minimum atomic E-state index is -3.41. The van der Waals surface area contributed by atoms with Crippen molar-refractivity contribution in [3.8, 4) is 5.75 Å². The van der Waals surface area contributed by atoms with E-state index in [1.54, 1.807) is 35.7 Å². The lowest BCUT2D eigenvalue weighted by molar-refractivity contribution is 0.180. The molecule has 0 N–H and O–H groups in total. The molecule has 0 unspecified atom stereocenters. The summed E-state index contributed by atoms with van der Waals surface area (Å²) < 4.78 is 32.6. The first kappa shape index (κ1) is 19.9. The SMILES string of the molecule is COc1ccc(C(C)C)cc1CN1CCN(S(=O)(=O)c2ccccc2)CC1. The molecule has 0 aliphatic carbocycles. The zero-order chi connectivity index (χ0) is 19.4. The number of rotatable bonds is 6. The molecule has 1 aliphatic rings. The van der Waals surface area contributed by atoms with E-state index in [0.29, 0.717) is 37.0 Å². The van der Waals surface area contributed by atoms with Crippen molar-refractivity contribution in [3.63, 3.8) is 0 Å². The van der Waals surface area contributed by atoms with Crippen LogP contribution < -0.4 is 4.74 Å². The van der Waals surface area contributed by atoms with Gasteiger partial charge in [-0.25, -0.2) is 8.42 Å². The molecule has 1 heterocycles. The van der Waals surface area contributed by atoms with Gasteiger partial charge in [0.1, 0.15) is 5.75 Å². The maximum absolute atomic E-state index is 12.8. The molecule has 146 valence electrons. The molecule has 27 heavy (non-hydrogen) atoms. The van der Waals surface area contributed by atoms with Crippen LogP contribution in [0.25, 0.3) is 0 Å². The molecule has 6 heteroatoms. The van der Waals surface area contributed by atoms with E-state index in [4.69, 9.17) is 4.74 Å². The molecule has 0 atom stereocenters. The van der Waals surface area contributed by atoms with Gasteiger partial charge in [0.2, 0.25) is 10.0 Å². The number of hydrogen-bond donors (Lipinski definition) is 0. The summed E-state index contributed by atoms with van der Waals surface area (Å²) in [5.74, 6) is 1.35. The van der Waals surface area contributed by atoms with Crippen LogP contribution in [-0.4, -0.2) is 50.9 Å². The lowest BCUT2D eigenvalue weighted by atomic mass is 10.00. The smallest absolute Gasteiger partial charge is 0.243 e. The highest BCUT2D eigenvalue weighted by Crippen LogP contribution is 2.26. The molecule has 2 aromatic carbocycles. The number of hydrogen-bond acceptors (Lipinski definition) is 4. The van der Waals surface area contributed by atoms with E-state index in [1.165, 1.54) is 5.56 Å². The fourth-order valence-electron chi connectivity index (χ4n) is 3.39. The van der Waals surface area contributed by atoms with Crippen LogP contribution in [0.2, 0.25) is 0 Å². The molecule has 0 saturated carbocycles. The van der Waals surface area contributed by atoms with Gasteiger partial charge in [-0.3, -0.25) is 4.90 Å². The Labute approximate surface area is 162 Å². The van der Waals surface area contributed by atoms with Gasteiger partial charge in [0, 0.05) is 38.3 Å². The Hall–Kier alpha value is -1.89. The van der Waals surface area contributed by atoms with Crippen molar-refractivity contribution in [2.75, 3.05) is 33.3 Å². The average molecular weight is 389 g/mol. The van der Waals surface area contributed by atoms with Crippen molar-refractivity contribution in [2.24, 2.45) is 0 Å². The normalized spacial score (nSPS) is 16.6. The Balaban J connectivity index is 1.67. The Bertz CT molecular complexity index is 858. The predicted octanol–water partition coefficient (Wildman–Crippen LogP) is 3.33. The largest absolute Gasteiger partial charge is 0.496 e. The molecule has 1 aliphatic heterocycles. The fraction of sp³-hybridized carbons (Fsp3) is 0.429. The predicted molar refractivity (Wildman–Crippen MR) is 108 cm³/mol. The Morgan fingerprint density at radius 1 is 1.00 bits per heavy atom. The molecule has 0 radical (unpaired) electrons. The second kappa shape index (κ2) is 8.42. The van der Waals surface area contributed by atoms with Gasteiger partial charge in [0.15, 0.2) is 0 Å². The maximum Gasteiger partial charge on any atom is 0.243 e. The second-order valence-electron chi connectivity index (χ2n) is 7.22. The first-order chi connectivity index (χ1) is 12.9. The highest BCUT2D eigenvalue weighted by Gasteiger charge is 2.28. The van der Waals surface area contributed by atoms with Crippen LogP contribution >= 0.6 is 0 Å². The summed E-state index contributed by atoms with van der Waals surface area (Å²) in [5, 5.41) is 0. The van der Waals surface area contributed by atoms with Gasteiger partial charge in [-0.2, -0.15) is 4.31 Å². The van der Waals surface area contributed by atoms with Crippen molar-refractivity contribution in [3.05, 3.63) is 59.7 Å². The topological polar surface area (TPSA) is 49.9 Å². The summed E-state index contributed by atoms with van der Waals surface area (Å²) in [7, 11) is -1.71. The number of sulfonamides is 1. The molecular formula is C21H28N2O3S. The van der Waals surface area contributed by atoms with Crippen molar-refractivity contribution < 1.29 is 13.2 Å². The molecule has 3 rings (SSSR count). The first-order valence-corrected chi connectivity index (χ1v) is 10.8. The Morgan fingerprint density at radius 2 is 1.67 bits per heavy atom. The number of nitrogens with zero attached hydrogens (tertiary/aromatic N) is 2. The molecular weight excluding hydrogens is 360 g/mol. The van der Waals surface area contributed by atoms with Crippen LogP contribution in [0.5, 0.6) is 5.75 Å². The van der Waals surface area contributed by atoms with Crippen LogP contribution in [0.3, 0.4) is 0 Å². The Kier molecular flexibility index (Phi) is 6.19. The minimum absolute atomic E-state index is 0.366. The molecule has 5 nitrogen and oxygen atoms in total. The number of ether oxygens (including phenoxy) is 1. The monoisotopic (exact) mass is 388 g/mol.